The lowest BCUT2D eigenvalue weighted by atomic mass is 10.0. The molecule has 2 aromatic carbocycles. The molecule has 132 valence electrons. The average molecular weight is 382 g/mol. The van der Waals surface area contributed by atoms with E-state index >= 15 is 0 Å². The van der Waals surface area contributed by atoms with Crippen LogP contribution in [-0.4, -0.2) is 16.1 Å². The summed E-state index contributed by atoms with van der Waals surface area (Å²) >= 11 is 3.05. The summed E-state index contributed by atoms with van der Waals surface area (Å²) in [6, 6.07) is 11.9. The number of aryl methyl sites for hydroxylation is 3. The first-order valence-corrected chi connectivity index (χ1v) is 9.82. The Labute approximate surface area is 161 Å². The van der Waals surface area contributed by atoms with E-state index in [0.717, 1.165) is 26.0 Å². The molecular weight excluding hydrogens is 362 g/mol. The van der Waals surface area contributed by atoms with Gasteiger partial charge in [-0.2, -0.15) is 0 Å². The van der Waals surface area contributed by atoms with Crippen molar-refractivity contribution in [3.05, 3.63) is 70.2 Å². The van der Waals surface area contributed by atoms with Gasteiger partial charge in [-0.3, -0.25) is 4.79 Å². The molecule has 0 spiro atoms. The highest BCUT2D eigenvalue weighted by atomic mass is 32.2. The van der Waals surface area contributed by atoms with Crippen molar-refractivity contribution in [2.45, 2.75) is 30.0 Å². The number of amides is 1. The van der Waals surface area contributed by atoms with Crippen LogP contribution in [0.3, 0.4) is 0 Å². The molecule has 0 aliphatic rings. The van der Waals surface area contributed by atoms with Crippen LogP contribution in [0.2, 0.25) is 0 Å². The molecule has 0 bridgehead atoms. The second kappa shape index (κ2) is 8.29. The predicted octanol–water partition coefficient (Wildman–Crippen LogP) is 5.27. The highest BCUT2D eigenvalue weighted by Gasteiger charge is 2.03. The molecular formula is C20H19N3OS2. The van der Waals surface area contributed by atoms with Gasteiger partial charge in [0.1, 0.15) is 5.51 Å². The van der Waals surface area contributed by atoms with E-state index in [4.69, 9.17) is 0 Å². The maximum atomic E-state index is 12.2. The molecule has 1 aromatic heterocycles. The lowest BCUT2D eigenvalue weighted by molar-refractivity contribution is -0.111. The van der Waals surface area contributed by atoms with E-state index in [1.165, 1.54) is 22.5 Å². The molecule has 0 unspecified atom stereocenters. The molecule has 1 amide bonds. The van der Waals surface area contributed by atoms with Crippen LogP contribution >= 0.6 is 23.1 Å². The second-order valence-electron chi connectivity index (χ2n) is 5.95. The number of benzene rings is 2. The first kappa shape index (κ1) is 18.4. The third-order valence-corrected chi connectivity index (χ3v) is 5.75. The van der Waals surface area contributed by atoms with Crippen LogP contribution in [0.4, 0.5) is 5.69 Å². The number of rotatable bonds is 5. The SMILES string of the molecule is Cc1cc(C)c(C=CC(=O)Nc2ccc(Sc3nncs3)cc2)cc1C. The molecule has 0 atom stereocenters. The lowest BCUT2D eigenvalue weighted by Gasteiger charge is -2.06. The Bertz CT molecular complexity index is 932. The van der Waals surface area contributed by atoms with Gasteiger partial charge in [0.05, 0.1) is 0 Å². The third-order valence-electron chi connectivity index (χ3n) is 3.96. The smallest absolute Gasteiger partial charge is 0.248 e. The Morgan fingerprint density at radius 2 is 1.81 bits per heavy atom. The van der Waals surface area contributed by atoms with E-state index in [0.29, 0.717) is 0 Å². The largest absolute Gasteiger partial charge is 0.323 e. The van der Waals surface area contributed by atoms with Gasteiger partial charge in [-0.05, 0) is 73.4 Å². The first-order chi connectivity index (χ1) is 12.5. The van der Waals surface area contributed by atoms with Gasteiger partial charge in [-0.25, -0.2) is 0 Å². The Morgan fingerprint density at radius 3 is 2.50 bits per heavy atom. The molecule has 0 radical (unpaired) electrons. The molecule has 4 nitrogen and oxygen atoms in total. The molecule has 1 N–H and O–H groups in total. The molecule has 3 rings (SSSR count). The number of carbonyl (C=O) groups is 1. The zero-order valence-electron chi connectivity index (χ0n) is 14.8. The van der Waals surface area contributed by atoms with Gasteiger partial charge in [-0.15, -0.1) is 10.2 Å². The molecule has 26 heavy (non-hydrogen) atoms. The van der Waals surface area contributed by atoms with Crippen LogP contribution in [0.25, 0.3) is 6.08 Å². The molecule has 0 aliphatic heterocycles. The Kier molecular flexibility index (Phi) is 5.85. The molecule has 0 aliphatic carbocycles. The summed E-state index contributed by atoms with van der Waals surface area (Å²) in [5.41, 5.74) is 7.18. The normalized spacial score (nSPS) is 11.0. The second-order valence-corrected chi connectivity index (χ2v) is 8.10. The minimum absolute atomic E-state index is 0.146. The van der Waals surface area contributed by atoms with E-state index in [1.54, 1.807) is 23.3 Å². The van der Waals surface area contributed by atoms with Gasteiger partial charge >= 0.3 is 0 Å². The number of aromatic nitrogens is 2. The number of hydrogen-bond acceptors (Lipinski definition) is 5. The van der Waals surface area contributed by atoms with Gasteiger partial charge in [0.2, 0.25) is 5.91 Å². The van der Waals surface area contributed by atoms with E-state index < -0.39 is 0 Å². The monoisotopic (exact) mass is 381 g/mol. The maximum absolute atomic E-state index is 12.2. The molecule has 0 saturated heterocycles. The van der Waals surface area contributed by atoms with E-state index in [-0.39, 0.29) is 5.91 Å². The fraction of sp³-hybridized carbons (Fsp3) is 0.150. The lowest BCUT2D eigenvalue weighted by Crippen LogP contribution is -2.07. The summed E-state index contributed by atoms with van der Waals surface area (Å²) in [6.07, 6.45) is 3.43. The van der Waals surface area contributed by atoms with Gasteiger partial charge in [0.25, 0.3) is 0 Å². The number of nitrogens with zero attached hydrogens (tertiary/aromatic N) is 2. The fourth-order valence-corrected chi connectivity index (χ4v) is 3.88. The van der Waals surface area contributed by atoms with Crippen molar-refractivity contribution >= 4 is 40.8 Å². The minimum Gasteiger partial charge on any atom is -0.323 e. The number of nitrogens with one attached hydrogen (secondary N) is 1. The highest BCUT2D eigenvalue weighted by Crippen LogP contribution is 2.29. The molecule has 0 fully saturated rings. The van der Waals surface area contributed by atoms with Crippen LogP contribution in [-0.2, 0) is 4.79 Å². The summed E-state index contributed by atoms with van der Waals surface area (Å²) in [4.78, 5) is 13.2. The van der Waals surface area contributed by atoms with E-state index in [9.17, 15) is 4.79 Å². The van der Waals surface area contributed by atoms with Crippen LogP contribution in [0.1, 0.15) is 22.3 Å². The topological polar surface area (TPSA) is 54.9 Å². The predicted molar refractivity (Wildman–Crippen MR) is 109 cm³/mol. The fourth-order valence-electron chi connectivity index (χ4n) is 2.43. The van der Waals surface area contributed by atoms with Crippen LogP contribution < -0.4 is 5.32 Å². The van der Waals surface area contributed by atoms with Gasteiger partial charge in [0, 0.05) is 16.7 Å². The minimum atomic E-state index is -0.146. The maximum Gasteiger partial charge on any atom is 0.248 e. The van der Waals surface area contributed by atoms with Crippen molar-refractivity contribution in [3.8, 4) is 0 Å². The van der Waals surface area contributed by atoms with Crippen molar-refractivity contribution in [2.24, 2.45) is 0 Å². The quantitative estimate of drug-likeness (QED) is 0.612. The molecule has 6 heteroatoms. The summed E-state index contributed by atoms with van der Waals surface area (Å²) in [6.45, 7) is 6.22. The van der Waals surface area contributed by atoms with Crippen molar-refractivity contribution in [1.29, 1.82) is 0 Å². The number of anilines is 1. The van der Waals surface area contributed by atoms with Crippen molar-refractivity contribution < 1.29 is 4.79 Å². The van der Waals surface area contributed by atoms with Crippen molar-refractivity contribution in [1.82, 2.24) is 10.2 Å². The first-order valence-electron chi connectivity index (χ1n) is 8.12. The van der Waals surface area contributed by atoms with E-state index in [1.807, 2.05) is 30.3 Å². The average Bonchev–Trinajstić information content (AvgIpc) is 3.12. The highest BCUT2D eigenvalue weighted by molar-refractivity contribution is 8.01. The standard InChI is InChI=1S/C20H19N3OS2/c1-13-10-15(3)16(11-14(13)2)4-9-19(24)22-17-5-7-18(8-6-17)26-20-23-21-12-25-20/h4-12H,1-3H3,(H,22,24). The van der Waals surface area contributed by atoms with Gasteiger partial charge in [0.15, 0.2) is 4.34 Å². The number of carbonyl (C=O) groups excluding carboxylic acids is 1. The van der Waals surface area contributed by atoms with Gasteiger partial charge < -0.3 is 5.32 Å². The summed E-state index contributed by atoms with van der Waals surface area (Å²) in [5, 5.41) is 10.7. The third kappa shape index (κ3) is 4.80. The van der Waals surface area contributed by atoms with Crippen LogP contribution in [0.5, 0.6) is 0 Å². The zero-order valence-corrected chi connectivity index (χ0v) is 16.4. The summed E-state index contributed by atoms with van der Waals surface area (Å²) < 4.78 is 0.897. The molecule has 3 aromatic rings. The van der Waals surface area contributed by atoms with Crippen molar-refractivity contribution in [2.75, 3.05) is 5.32 Å². The van der Waals surface area contributed by atoms with Gasteiger partial charge in [-0.1, -0.05) is 35.2 Å². The van der Waals surface area contributed by atoms with Crippen molar-refractivity contribution in [3.63, 3.8) is 0 Å². The Morgan fingerprint density at radius 1 is 1.08 bits per heavy atom. The number of hydrogen-bond donors (Lipinski definition) is 1. The Hall–Kier alpha value is -2.44. The summed E-state index contributed by atoms with van der Waals surface area (Å²) in [5.74, 6) is -0.146. The van der Waals surface area contributed by atoms with E-state index in [2.05, 4.69) is 48.4 Å². The van der Waals surface area contributed by atoms with Crippen LogP contribution in [0.15, 0.2) is 57.2 Å². The zero-order chi connectivity index (χ0) is 18.5. The van der Waals surface area contributed by atoms with Crippen LogP contribution in [0, 0.1) is 20.8 Å². The Balaban J connectivity index is 1.62. The summed E-state index contributed by atoms with van der Waals surface area (Å²) in [7, 11) is 0. The molecule has 0 saturated carbocycles. The molecule has 1 heterocycles.